The number of rotatable bonds is 7. The molecule has 0 aliphatic heterocycles. The summed E-state index contributed by atoms with van der Waals surface area (Å²) >= 11 is 0. The van der Waals surface area contributed by atoms with Crippen LogP contribution in [0.4, 0.5) is 5.69 Å². The largest absolute Gasteiger partial charge is 0.396 e. The summed E-state index contributed by atoms with van der Waals surface area (Å²) in [5, 5.41) is 15.3. The highest BCUT2D eigenvalue weighted by atomic mass is 16.3. The quantitative estimate of drug-likeness (QED) is 0.701. The Morgan fingerprint density at radius 3 is 2.63 bits per heavy atom. The number of hydrogen-bond acceptors (Lipinski definition) is 4. The standard InChI is InChI=1S/C14H23N3O2/c1-4-14(5-2,10-18)9-17-11-6-7-16-12(8-11)13(19)15-3/h6-8,18H,4-5,9-10H2,1-3H3,(H,15,19)(H,16,17). The van der Waals surface area contributed by atoms with Gasteiger partial charge in [0.1, 0.15) is 5.69 Å². The molecule has 1 heterocycles. The molecule has 0 spiro atoms. The van der Waals surface area contributed by atoms with Crippen molar-refractivity contribution >= 4 is 11.6 Å². The van der Waals surface area contributed by atoms with Crippen LogP contribution in [0.1, 0.15) is 37.2 Å². The highest BCUT2D eigenvalue weighted by Gasteiger charge is 2.24. The molecule has 0 fully saturated rings. The first kappa shape index (κ1) is 15.4. The van der Waals surface area contributed by atoms with E-state index in [-0.39, 0.29) is 17.9 Å². The molecule has 0 unspecified atom stereocenters. The molecule has 0 saturated heterocycles. The van der Waals surface area contributed by atoms with E-state index in [9.17, 15) is 9.90 Å². The van der Waals surface area contributed by atoms with Crippen LogP contribution in [-0.4, -0.2) is 36.2 Å². The van der Waals surface area contributed by atoms with Crippen molar-refractivity contribution in [1.29, 1.82) is 0 Å². The van der Waals surface area contributed by atoms with Crippen molar-refractivity contribution in [2.24, 2.45) is 5.41 Å². The lowest BCUT2D eigenvalue weighted by Crippen LogP contribution is -2.32. The third kappa shape index (κ3) is 3.92. The van der Waals surface area contributed by atoms with E-state index in [4.69, 9.17) is 0 Å². The lowest BCUT2D eigenvalue weighted by molar-refractivity contribution is 0.0958. The SMILES string of the molecule is CCC(CC)(CO)CNc1ccnc(C(=O)NC)c1. The average Bonchev–Trinajstić information content (AvgIpc) is 2.48. The van der Waals surface area contributed by atoms with Crippen LogP contribution in [-0.2, 0) is 0 Å². The number of nitrogens with one attached hydrogen (secondary N) is 2. The third-order valence-electron chi connectivity index (χ3n) is 3.72. The Labute approximate surface area is 114 Å². The third-order valence-corrected chi connectivity index (χ3v) is 3.72. The van der Waals surface area contributed by atoms with Crippen LogP contribution in [0.15, 0.2) is 18.3 Å². The predicted octanol–water partition coefficient (Wildman–Crippen LogP) is 1.65. The van der Waals surface area contributed by atoms with Gasteiger partial charge in [-0.15, -0.1) is 0 Å². The number of pyridine rings is 1. The number of aliphatic hydroxyl groups excluding tert-OH is 1. The summed E-state index contributed by atoms with van der Waals surface area (Å²) in [4.78, 5) is 15.5. The second-order valence-electron chi connectivity index (χ2n) is 4.73. The van der Waals surface area contributed by atoms with E-state index in [1.54, 1.807) is 19.3 Å². The molecule has 5 heteroatoms. The van der Waals surface area contributed by atoms with Crippen LogP contribution >= 0.6 is 0 Å². The van der Waals surface area contributed by atoms with Gasteiger partial charge in [-0.1, -0.05) is 13.8 Å². The molecule has 1 aromatic heterocycles. The zero-order valence-electron chi connectivity index (χ0n) is 11.9. The van der Waals surface area contributed by atoms with Gasteiger partial charge in [0.2, 0.25) is 0 Å². The van der Waals surface area contributed by atoms with Crippen molar-refractivity contribution in [3.63, 3.8) is 0 Å². The Bertz CT molecular complexity index is 409. The van der Waals surface area contributed by atoms with Gasteiger partial charge < -0.3 is 15.7 Å². The molecule has 0 saturated carbocycles. The molecule has 0 aliphatic rings. The van der Waals surface area contributed by atoms with Crippen LogP contribution in [0.3, 0.4) is 0 Å². The van der Waals surface area contributed by atoms with E-state index < -0.39 is 0 Å². The number of carbonyl (C=O) groups excluding carboxylic acids is 1. The van der Waals surface area contributed by atoms with Gasteiger partial charge in [0.05, 0.1) is 6.61 Å². The molecule has 0 bridgehead atoms. The van der Waals surface area contributed by atoms with Crippen LogP contribution < -0.4 is 10.6 Å². The zero-order chi connectivity index (χ0) is 14.3. The van der Waals surface area contributed by atoms with Crippen molar-refractivity contribution < 1.29 is 9.90 Å². The molecule has 19 heavy (non-hydrogen) atoms. The first-order valence-corrected chi connectivity index (χ1v) is 6.63. The summed E-state index contributed by atoms with van der Waals surface area (Å²) in [5.41, 5.74) is 1.11. The fourth-order valence-corrected chi connectivity index (χ4v) is 1.86. The van der Waals surface area contributed by atoms with Gasteiger partial charge in [0.15, 0.2) is 0 Å². The van der Waals surface area contributed by atoms with Crippen molar-refractivity contribution in [2.75, 3.05) is 25.5 Å². The fourth-order valence-electron chi connectivity index (χ4n) is 1.86. The minimum Gasteiger partial charge on any atom is -0.396 e. The maximum Gasteiger partial charge on any atom is 0.269 e. The van der Waals surface area contributed by atoms with Crippen molar-refractivity contribution in [2.45, 2.75) is 26.7 Å². The first-order valence-electron chi connectivity index (χ1n) is 6.63. The van der Waals surface area contributed by atoms with Gasteiger partial charge in [0, 0.05) is 30.9 Å². The van der Waals surface area contributed by atoms with E-state index in [1.807, 2.05) is 6.07 Å². The maximum absolute atomic E-state index is 11.5. The van der Waals surface area contributed by atoms with Crippen LogP contribution in [0.2, 0.25) is 0 Å². The molecular weight excluding hydrogens is 242 g/mol. The number of hydrogen-bond donors (Lipinski definition) is 3. The first-order chi connectivity index (χ1) is 9.10. The van der Waals surface area contributed by atoms with Gasteiger partial charge in [-0.25, -0.2) is 0 Å². The highest BCUT2D eigenvalue weighted by molar-refractivity contribution is 5.92. The second-order valence-corrected chi connectivity index (χ2v) is 4.73. The molecule has 0 radical (unpaired) electrons. The topological polar surface area (TPSA) is 74.2 Å². The van der Waals surface area contributed by atoms with Gasteiger partial charge in [-0.3, -0.25) is 9.78 Å². The number of nitrogens with zero attached hydrogens (tertiary/aromatic N) is 1. The predicted molar refractivity (Wildman–Crippen MR) is 76.2 cm³/mol. The normalized spacial score (nSPS) is 11.2. The molecule has 0 atom stereocenters. The Balaban J connectivity index is 2.75. The van der Waals surface area contributed by atoms with Crippen molar-refractivity contribution in [3.05, 3.63) is 24.0 Å². The van der Waals surface area contributed by atoms with E-state index in [2.05, 4.69) is 29.5 Å². The summed E-state index contributed by atoms with van der Waals surface area (Å²) in [6.07, 6.45) is 3.41. The van der Waals surface area contributed by atoms with Crippen molar-refractivity contribution in [3.8, 4) is 0 Å². The summed E-state index contributed by atoms with van der Waals surface area (Å²) in [7, 11) is 1.58. The molecule has 1 amide bonds. The molecule has 0 aromatic carbocycles. The van der Waals surface area contributed by atoms with E-state index in [1.165, 1.54) is 0 Å². The number of anilines is 1. The minimum atomic E-state index is -0.206. The minimum absolute atomic E-state index is 0.115. The zero-order valence-corrected chi connectivity index (χ0v) is 11.9. The summed E-state index contributed by atoms with van der Waals surface area (Å²) < 4.78 is 0. The highest BCUT2D eigenvalue weighted by Crippen LogP contribution is 2.26. The lowest BCUT2D eigenvalue weighted by Gasteiger charge is -2.30. The molecule has 106 valence electrons. The number of aliphatic hydroxyl groups is 1. The molecule has 0 aliphatic carbocycles. The summed E-state index contributed by atoms with van der Waals surface area (Å²) in [5.74, 6) is -0.206. The molecular formula is C14H23N3O2. The summed E-state index contributed by atoms with van der Waals surface area (Å²) in [6, 6.07) is 3.53. The monoisotopic (exact) mass is 265 g/mol. The second kappa shape index (κ2) is 7.09. The van der Waals surface area contributed by atoms with Crippen LogP contribution in [0.5, 0.6) is 0 Å². The van der Waals surface area contributed by atoms with Crippen molar-refractivity contribution in [1.82, 2.24) is 10.3 Å². The lowest BCUT2D eigenvalue weighted by atomic mass is 9.83. The maximum atomic E-state index is 11.5. The number of aromatic nitrogens is 1. The van der Waals surface area contributed by atoms with Crippen LogP contribution in [0, 0.1) is 5.41 Å². The molecule has 3 N–H and O–H groups in total. The van der Waals surface area contributed by atoms with E-state index in [0.717, 1.165) is 18.5 Å². The van der Waals surface area contributed by atoms with Gasteiger partial charge in [-0.05, 0) is 25.0 Å². The Morgan fingerprint density at radius 1 is 1.42 bits per heavy atom. The average molecular weight is 265 g/mol. The molecule has 1 rings (SSSR count). The van der Waals surface area contributed by atoms with Gasteiger partial charge in [-0.2, -0.15) is 0 Å². The van der Waals surface area contributed by atoms with Gasteiger partial charge >= 0.3 is 0 Å². The number of carbonyl (C=O) groups is 1. The number of amides is 1. The van der Waals surface area contributed by atoms with Gasteiger partial charge in [0.25, 0.3) is 5.91 Å². The molecule has 1 aromatic rings. The Hall–Kier alpha value is -1.62. The van der Waals surface area contributed by atoms with Crippen LogP contribution in [0.25, 0.3) is 0 Å². The van der Waals surface area contributed by atoms with E-state index in [0.29, 0.717) is 12.2 Å². The Kier molecular flexibility index (Phi) is 5.76. The fraction of sp³-hybridized carbons (Fsp3) is 0.571. The molecule has 5 nitrogen and oxygen atoms in total. The summed E-state index contributed by atoms with van der Waals surface area (Å²) in [6.45, 7) is 4.97. The smallest absolute Gasteiger partial charge is 0.269 e. The Morgan fingerprint density at radius 2 is 2.11 bits per heavy atom. The van der Waals surface area contributed by atoms with E-state index >= 15 is 0 Å².